The van der Waals surface area contributed by atoms with Crippen LogP contribution in [0.1, 0.15) is 17.9 Å². The number of hydrogen-bond acceptors (Lipinski definition) is 0. The topological polar surface area (TPSA) is 0 Å². The third kappa shape index (κ3) is 1.38. The van der Waals surface area contributed by atoms with Crippen LogP contribution in [0.25, 0.3) is 0 Å². The molecule has 0 aromatic heterocycles. The molecule has 58 valence electrons. The molecule has 1 aliphatic carbocycles. The highest BCUT2D eigenvalue weighted by Crippen LogP contribution is 2.59. The van der Waals surface area contributed by atoms with E-state index < -0.39 is 4.33 Å². The molecule has 1 atom stereocenters. The van der Waals surface area contributed by atoms with Crippen molar-refractivity contribution in [3.63, 3.8) is 0 Å². The van der Waals surface area contributed by atoms with Crippen LogP contribution >= 0.6 is 23.2 Å². The average Bonchev–Trinajstić information content (AvgIpc) is 2.62. The Balaban J connectivity index is 2.21. The molecule has 2 heteroatoms. The van der Waals surface area contributed by atoms with Crippen LogP contribution in [0.4, 0.5) is 0 Å². The third-order valence-electron chi connectivity index (χ3n) is 2.03. The summed E-state index contributed by atoms with van der Waals surface area (Å²) < 4.78 is -0.485. The van der Waals surface area contributed by atoms with Gasteiger partial charge in [0.1, 0.15) is 4.33 Å². The zero-order valence-corrected chi connectivity index (χ0v) is 7.44. The van der Waals surface area contributed by atoms with E-state index in [-0.39, 0.29) is 0 Å². The van der Waals surface area contributed by atoms with Crippen LogP contribution < -0.4 is 0 Å². The maximum Gasteiger partial charge on any atom is 0.125 e. The van der Waals surface area contributed by atoms with Crippen molar-refractivity contribution in [2.24, 2.45) is 0 Å². The molecule has 1 saturated carbocycles. The summed E-state index contributed by atoms with van der Waals surface area (Å²) >= 11 is 11.8. The Morgan fingerprint density at radius 3 is 2.18 bits per heavy atom. The minimum atomic E-state index is -0.485. The Morgan fingerprint density at radius 2 is 1.73 bits per heavy atom. The van der Waals surface area contributed by atoms with Gasteiger partial charge < -0.3 is 0 Å². The van der Waals surface area contributed by atoms with Crippen molar-refractivity contribution in [2.45, 2.75) is 16.7 Å². The molecule has 0 radical (unpaired) electrons. The van der Waals surface area contributed by atoms with Gasteiger partial charge in [-0.05, 0) is 12.0 Å². The normalized spacial score (nSPS) is 26.5. The van der Waals surface area contributed by atoms with Crippen LogP contribution in [0.15, 0.2) is 30.3 Å². The van der Waals surface area contributed by atoms with Crippen LogP contribution in [-0.4, -0.2) is 4.33 Å². The molecule has 0 bridgehead atoms. The van der Waals surface area contributed by atoms with Gasteiger partial charge in [-0.25, -0.2) is 0 Å². The summed E-state index contributed by atoms with van der Waals surface area (Å²) in [6, 6.07) is 10.2. The van der Waals surface area contributed by atoms with Crippen molar-refractivity contribution in [2.75, 3.05) is 0 Å². The minimum absolute atomic E-state index is 0.354. The van der Waals surface area contributed by atoms with E-state index in [4.69, 9.17) is 23.2 Å². The summed E-state index contributed by atoms with van der Waals surface area (Å²) in [6.45, 7) is 0. The van der Waals surface area contributed by atoms with Gasteiger partial charge in [-0.2, -0.15) is 0 Å². The monoisotopic (exact) mass is 186 g/mol. The highest BCUT2D eigenvalue weighted by Gasteiger charge is 2.52. The second-order valence-electron chi connectivity index (χ2n) is 2.93. The predicted molar refractivity (Wildman–Crippen MR) is 48.2 cm³/mol. The van der Waals surface area contributed by atoms with Gasteiger partial charge in [-0.3, -0.25) is 0 Å². The molecule has 0 unspecified atom stereocenters. The first kappa shape index (κ1) is 7.45. The van der Waals surface area contributed by atoms with Gasteiger partial charge in [0.2, 0.25) is 0 Å². The Bertz CT molecular complexity index is 254. The SMILES string of the molecule is ClC1(Cl)C[C@H]1c1ccccc1. The summed E-state index contributed by atoms with van der Waals surface area (Å²) in [7, 11) is 0. The highest BCUT2D eigenvalue weighted by molar-refractivity contribution is 6.51. The molecule has 0 saturated heterocycles. The maximum absolute atomic E-state index is 5.91. The standard InChI is InChI=1S/C9H8Cl2/c10-9(11)6-8(9)7-4-2-1-3-5-7/h1-5,8H,6H2/t8-/m0/s1. The molecule has 0 heterocycles. The van der Waals surface area contributed by atoms with Crippen LogP contribution in [0, 0.1) is 0 Å². The fourth-order valence-electron chi connectivity index (χ4n) is 1.26. The maximum atomic E-state index is 5.91. The van der Waals surface area contributed by atoms with E-state index in [0.717, 1.165) is 6.42 Å². The third-order valence-corrected chi connectivity index (χ3v) is 2.86. The molecule has 0 N–H and O–H groups in total. The quantitative estimate of drug-likeness (QED) is 0.591. The Hall–Kier alpha value is -0.200. The van der Waals surface area contributed by atoms with E-state index in [1.807, 2.05) is 18.2 Å². The van der Waals surface area contributed by atoms with E-state index in [0.29, 0.717) is 5.92 Å². The van der Waals surface area contributed by atoms with Gasteiger partial charge in [0.05, 0.1) is 0 Å². The van der Waals surface area contributed by atoms with E-state index in [2.05, 4.69) is 12.1 Å². The zero-order chi connectivity index (χ0) is 7.90. The number of halogens is 2. The Morgan fingerprint density at radius 1 is 1.18 bits per heavy atom. The van der Waals surface area contributed by atoms with Gasteiger partial charge >= 0.3 is 0 Å². The summed E-state index contributed by atoms with van der Waals surface area (Å²) in [5.74, 6) is 0.354. The van der Waals surface area contributed by atoms with E-state index in [1.54, 1.807) is 0 Å². The van der Waals surface area contributed by atoms with Crippen molar-refractivity contribution in [3.05, 3.63) is 35.9 Å². The number of rotatable bonds is 1. The van der Waals surface area contributed by atoms with Crippen LogP contribution in [0.5, 0.6) is 0 Å². The molecule has 1 fully saturated rings. The summed E-state index contributed by atoms with van der Waals surface area (Å²) in [5.41, 5.74) is 1.25. The molecule has 2 rings (SSSR count). The second kappa shape index (κ2) is 2.40. The molecule has 11 heavy (non-hydrogen) atoms. The number of hydrogen-bond donors (Lipinski definition) is 0. The van der Waals surface area contributed by atoms with E-state index in [1.165, 1.54) is 5.56 Å². The van der Waals surface area contributed by atoms with Crippen molar-refractivity contribution in [1.82, 2.24) is 0 Å². The van der Waals surface area contributed by atoms with Crippen molar-refractivity contribution < 1.29 is 0 Å². The predicted octanol–water partition coefficient (Wildman–Crippen LogP) is 3.35. The van der Waals surface area contributed by atoms with Crippen LogP contribution in [-0.2, 0) is 0 Å². The zero-order valence-electron chi connectivity index (χ0n) is 5.93. The fourth-order valence-corrected chi connectivity index (χ4v) is 1.82. The lowest BCUT2D eigenvalue weighted by Gasteiger charge is -1.98. The van der Waals surface area contributed by atoms with Gasteiger partial charge in [0.15, 0.2) is 0 Å². The lowest BCUT2D eigenvalue weighted by molar-refractivity contribution is 1.11. The smallest absolute Gasteiger partial charge is 0.101 e. The molecule has 0 aliphatic heterocycles. The van der Waals surface area contributed by atoms with Gasteiger partial charge in [0.25, 0.3) is 0 Å². The lowest BCUT2D eigenvalue weighted by Crippen LogP contribution is -1.88. The summed E-state index contributed by atoms with van der Waals surface area (Å²) in [5, 5.41) is 0. The van der Waals surface area contributed by atoms with Crippen molar-refractivity contribution >= 4 is 23.2 Å². The number of benzene rings is 1. The molecule has 1 aromatic rings. The van der Waals surface area contributed by atoms with E-state index in [9.17, 15) is 0 Å². The molecule has 0 nitrogen and oxygen atoms in total. The second-order valence-corrected chi connectivity index (χ2v) is 4.47. The van der Waals surface area contributed by atoms with Gasteiger partial charge in [-0.1, -0.05) is 30.3 Å². The Kier molecular flexibility index (Phi) is 1.62. The Labute approximate surface area is 76.1 Å². The molecule has 0 amide bonds. The summed E-state index contributed by atoms with van der Waals surface area (Å²) in [6.07, 6.45) is 0.889. The lowest BCUT2D eigenvalue weighted by atomic mass is 10.1. The molecular weight excluding hydrogens is 179 g/mol. The highest BCUT2D eigenvalue weighted by atomic mass is 35.5. The van der Waals surface area contributed by atoms with Crippen molar-refractivity contribution in [1.29, 1.82) is 0 Å². The first-order valence-corrected chi connectivity index (χ1v) is 4.38. The first-order chi connectivity index (χ1) is 5.20. The first-order valence-electron chi connectivity index (χ1n) is 3.63. The van der Waals surface area contributed by atoms with E-state index >= 15 is 0 Å². The molecule has 1 aromatic carbocycles. The fraction of sp³-hybridized carbons (Fsp3) is 0.333. The summed E-state index contributed by atoms with van der Waals surface area (Å²) in [4.78, 5) is 0. The molecule has 0 spiro atoms. The van der Waals surface area contributed by atoms with Crippen molar-refractivity contribution in [3.8, 4) is 0 Å². The number of alkyl halides is 2. The van der Waals surface area contributed by atoms with Crippen LogP contribution in [0.3, 0.4) is 0 Å². The average molecular weight is 187 g/mol. The molecular formula is C9H8Cl2. The van der Waals surface area contributed by atoms with Gasteiger partial charge in [0, 0.05) is 5.92 Å². The van der Waals surface area contributed by atoms with Crippen LogP contribution in [0.2, 0.25) is 0 Å². The minimum Gasteiger partial charge on any atom is -0.101 e. The van der Waals surface area contributed by atoms with Gasteiger partial charge in [-0.15, -0.1) is 23.2 Å². The largest absolute Gasteiger partial charge is 0.125 e. The molecule has 1 aliphatic rings.